The van der Waals surface area contributed by atoms with Crippen LogP contribution in [0.4, 0.5) is 15.8 Å². The molecule has 7 heteroatoms. The first-order valence-corrected chi connectivity index (χ1v) is 8.74. The highest BCUT2D eigenvalue weighted by atomic mass is 19.1. The fraction of sp³-hybridized carbons (Fsp3) is 0.250. The predicted molar refractivity (Wildman–Crippen MR) is 106 cm³/mol. The number of aryl methyl sites for hydroxylation is 1. The number of nitrogens with two attached hydrogens (primary N) is 2. The van der Waals surface area contributed by atoms with Gasteiger partial charge in [0.1, 0.15) is 5.82 Å². The van der Waals surface area contributed by atoms with E-state index in [1.807, 2.05) is 30.5 Å². The SMILES string of the molecule is CC(C)c1c(CCC(=O)O)c2cc(N)c(NN)cc2n1-c1ccc(F)cc1. The van der Waals surface area contributed by atoms with Gasteiger partial charge in [-0.3, -0.25) is 10.6 Å². The highest BCUT2D eigenvalue weighted by Crippen LogP contribution is 2.38. The number of fused-ring (bicyclic) bond motifs is 1. The fourth-order valence-corrected chi connectivity index (χ4v) is 3.53. The number of carboxylic acids is 1. The topological polar surface area (TPSA) is 106 Å². The number of nitrogens with zero attached hydrogens (tertiary/aromatic N) is 1. The minimum Gasteiger partial charge on any atom is -0.481 e. The van der Waals surface area contributed by atoms with Crippen molar-refractivity contribution in [1.82, 2.24) is 4.57 Å². The monoisotopic (exact) mass is 370 g/mol. The van der Waals surface area contributed by atoms with Crippen molar-refractivity contribution in [2.45, 2.75) is 32.6 Å². The molecule has 0 bridgehead atoms. The molecule has 0 fully saturated rings. The minimum absolute atomic E-state index is 0.0129. The van der Waals surface area contributed by atoms with E-state index in [0.717, 1.165) is 27.8 Å². The molecule has 0 aliphatic rings. The maximum Gasteiger partial charge on any atom is 0.303 e. The molecule has 0 atom stereocenters. The first kappa shape index (κ1) is 18.7. The van der Waals surface area contributed by atoms with Crippen LogP contribution in [0.1, 0.15) is 37.4 Å². The predicted octanol–water partition coefficient (Wildman–Crippen LogP) is 3.78. The smallest absolute Gasteiger partial charge is 0.303 e. The maximum absolute atomic E-state index is 13.4. The molecule has 0 radical (unpaired) electrons. The summed E-state index contributed by atoms with van der Waals surface area (Å²) in [5, 5.41) is 10.0. The number of hydrogen-bond acceptors (Lipinski definition) is 4. The van der Waals surface area contributed by atoms with Gasteiger partial charge in [-0.05, 0) is 54.3 Å². The van der Waals surface area contributed by atoms with E-state index in [1.54, 1.807) is 12.1 Å². The number of hydrogen-bond donors (Lipinski definition) is 4. The van der Waals surface area contributed by atoms with E-state index in [0.29, 0.717) is 17.8 Å². The van der Waals surface area contributed by atoms with Crippen molar-refractivity contribution < 1.29 is 14.3 Å². The highest BCUT2D eigenvalue weighted by molar-refractivity contribution is 5.95. The summed E-state index contributed by atoms with van der Waals surface area (Å²) in [6.07, 6.45) is 0.390. The van der Waals surface area contributed by atoms with Crippen LogP contribution in [0.3, 0.4) is 0 Å². The number of halogens is 1. The molecule has 0 spiro atoms. The van der Waals surface area contributed by atoms with E-state index in [-0.39, 0.29) is 18.2 Å². The molecule has 6 nitrogen and oxygen atoms in total. The molecule has 27 heavy (non-hydrogen) atoms. The molecule has 0 unspecified atom stereocenters. The van der Waals surface area contributed by atoms with E-state index < -0.39 is 5.97 Å². The van der Waals surface area contributed by atoms with Gasteiger partial charge in [-0.15, -0.1) is 0 Å². The van der Waals surface area contributed by atoms with Crippen LogP contribution in [-0.2, 0) is 11.2 Å². The van der Waals surface area contributed by atoms with Gasteiger partial charge in [0.15, 0.2) is 0 Å². The van der Waals surface area contributed by atoms with Crippen LogP contribution in [0.5, 0.6) is 0 Å². The third-order valence-electron chi connectivity index (χ3n) is 4.66. The van der Waals surface area contributed by atoms with Gasteiger partial charge in [0.05, 0.1) is 16.9 Å². The fourth-order valence-electron chi connectivity index (χ4n) is 3.53. The Labute approximate surface area is 156 Å². The number of anilines is 2. The summed E-state index contributed by atoms with van der Waals surface area (Å²) in [5.41, 5.74) is 13.3. The van der Waals surface area contributed by atoms with Crippen LogP contribution < -0.4 is 17.0 Å². The Bertz CT molecular complexity index is 994. The third-order valence-corrected chi connectivity index (χ3v) is 4.66. The number of hydrazine groups is 1. The van der Waals surface area contributed by atoms with Gasteiger partial charge < -0.3 is 20.8 Å². The average Bonchev–Trinajstić information content (AvgIpc) is 2.93. The average molecular weight is 370 g/mol. The standard InChI is InChI=1S/C20H23FN4O2/c1-11(2)20-14(7-8-19(26)27)15-9-16(22)17(24-23)10-18(15)25(20)13-5-3-12(21)4-6-13/h3-6,9-11,24H,7-8,22-23H2,1-2H3,(H,26,27). The first-order valence-electron chi connectivity index (χ1n) is 8.74. The highest BCUT2D eigenvalue weighted by Gasteiger charge is 2.22. The molecular weight excluding hydrogens is 347 g/mol. The second-order valence-corrected chi connectivity index (χ2v) is 6.83. The molecule has 3 rings (SSSR count). The number of nitrogens with one attached hydrogen (secondary N) is 1. The first-order chi connectivity index (χ1) is 12.8. The Hall–Kier alpha value is -3.06. The van der Waals surface area contributed by atoms with Gasteiger partial charge >= 0.3 is 5.97 Å². The Balaban J connectivity index is 2.37. The van der Waals surface area contributed by atoms with Gasteiger partial charge in [-0.2, -0.15) is 0 Å². The molecule has 0 saturated carbocycles. The lowest BCUT2D eigenvalue weighted by Gasteiger charge is -2.15. The molecule has 6 N–H and O–H groups in total. The van der Waals surface area contributed by atoms with Crippen molar-refractivity contribution in [3.63, 3.8) is 0 Å². The van der Waals surface area contributed by atoms with Gasteiger partial charge in [0.25, 0.3) is 0 Å². The molecule has 0 amide bonds. The lowest BCUT2D eigenvalue weighted by molar-refractivity contribution is -0.136. The van der Waals surface area contributed by atoms with Crippen LogP contribution in [0.15, 0.2) is 36.4 Å². The maximum atomic E-state index is 13.4. The lowest BCUT2D eigenvalue weighted by atomic mass is 9.99. The number of carboxylic acid groups (broad SMARTS) is 1. The minimum atomic E-state index is -0.861. The second-order valence-electron chi connectivity index (χ2n) is 6.83. The molecule has 1 heterocycles. The van der Waals surface area contributed by atoms with Crippen LogP contribution in [0.2, 0.25) is 0 Å². The van der Waals surface area contributed by atoms with Gasteiger partial charge in [0, 0.05) is 23.2 Å². The van der Waals surface area contributed by atoms with Crippen molar-refractivity contribution in [3.8, 4) is 5.69 Å². The van der Waals surface area contributed by atoms with Gasteiger partial charge in [-0.25, -0.2) is 4.39 Å². The molecular formula is C20H23FN4O2. The number of benzene rings is 2. The Kier molecular flexibility index (Phi) is 5.05. The Morgan fingerprint density at radius 1 is 1.26 bits per heavy atom. The van der Waals surface area contributed by atoms with Crippen LogP contribution in [-0.4, -0.2) is 15.6 Å². The summed E-state index contributed by atoms with van der Waals surface area (Å²) in [6.45, 7) is 4.09. The molecule has 142 valence electrons. The third kappa shape index (κ3) is 3.46. The largest absolute Gasteiger partial charge is 0.481 e. The summed E-state index contributed by atoms with van der Waals surface area (Å²) in [7, 11) is 0. The van der Waals surface area contributed by atoms with Crippen LogP contribution in [0, 0.1) is 5.82 Å². The van der Waals surface area contributed by atoms with Crippen LogP contribution >= 0.6 is 0 Å². The van der Waals surface area contributed by atoms with E-state index in [4.69, 9.17) is 16.7 Å². The van der Waals surface area contributed by atoms with E-state index in [2.05, 4.69) is 5.43 Å². The van der Waals surface area contributed by atoms with Crippen molar-refractivity contribution in [2.75, 3.05) is 11.2 Å². The molecule has 0 aliphatic carbocycles. The summed E-state index contributed by atoms with van der Waals surface area (Å²) in [4.78, 5) is 11.2. The van der Waals surface area contributed by atoms with E-state index in [1.165, 1.54) is 12.1 Å². The van der Waals surface area contributed by atoms with Crippen LogP contribution in [0.25, 0.3) is 16.6 Å². The quantitative estimate of drug-likeness (QED) is 0.300. The van der Waals surface area contributed by atoms with Crippen molar-refractivity contribution in [1.29, 1.82) is 0 Å². The lowest BCUT2D eigenvalue weighted by Crippen LogP contribution is -2.09. The normalized spacial score (nSPS) is 11.3. The van der Waals surface area contributed by atoms with E-state index >= 15 is 0 Å². The molecule has 0 aliphatic heterocycles. The van der Waals surface area contributed by atoms with E-state index in [9.17, 15) is 9.18 Å². The molecule has 1 aromatic heterocycles. The Morgan fingerprint density at radius 2 is 1.93 bits per heavy atom. The summed E-state index contributed by atoms with van der Waals surface area (Å²) >= 11 is 0. The molecule has 0 saturated heterocycles. The molecule has 2 aromatic carbocycles. The zero-order valence-corrected chi connectivity index (χ0v) is 15.3. The van der Waals surface area contributed by atoms with Gasteiger partial charge in [0.2, 0.25) is 0 Å². The Morgan fingerprint density at radius 3 is 2.48 bits per heavy atom. The number of nitrogen functional groups attached to an aromatic ring is 2. The number of aliphatic carboxylic acids is 1. The second kappa shape index (κ2) is 7.28. The number of carbonyl (C=O) groups is 1. The number of aromatic nitrogens is 1. The summed E-state index contributed by atoms with van der Waals surface area (Å²) < 4.78 is 15.5. The van der Waals surface area contributed by atoms with Gasteiger partial charge in [-0.1, -0.05) is 13.8 Å². The number of rotatable bonds is 6. The van der Waals surface area contributed by atoms with Crippen molar-refractivity contribution >= 4 is 28.2 Å². The summed E-state index contributed by atoms with van der Waals surface area (Å²) in [6, 6.07) is 9.86. The summed E-state index contributed by atoms with van der Waals surface area (Å²) in [5.74, 6) is 4.52. The zero-order chi connectivity index (χ0) is 19.7. The molecule has 3 aromatic rings. The van der Waals surface area contributed by atoms with Crippen molar-refractivity contribution in [3.05, 3.63) is 53.5 Å². The van der Waals surface area contributed by atoms with Crippen molar-refractivity contribution in [2.24, 2.45) is 5.84 Å². The zero-order valence-electron chi connectivity index (χ0n) is 15.3.